The second-order valence-electron chi connectivity index (χ2n) is 5.72. The molecule has 1 aromatic heterocycles. The van der Waals surface area contributed by atoms with Gasteiger partial charge >= 0.3 is 5.97 Å². The summed E-state index contributed by atoms with van der Waals surface area (Å²) in [5, 5.41) is 1.95. The van der Waals surface area contributed by atoms with Crippen LogP contribution < -0.4 is 0 Å². The molecule has 2 aromatic carbocycles. The highest BCUT2D eigenvalue weighted by molar-refractivity contribution is 6.07. The van der Waals surface area contributed by atoms with Crippen molar-refractivity contribution < 1.29 is 14.3 Å². The van der Waals surface area contributed by atoms with Crippen LogP contribution >= 0.6 is 0 Å². The Bertz CT molecular complexity index is 890. The van der Waals surface area contributed by atoms with Gasteiger partial charge in [0, 0.05) is 17.6 Å². The van der Waals surface area contributed by atoms with Crippen molar-refractivity contribution >= 4 is 16.7 Å². The van der Waals surface area contributed by atoms with Crippen LogP contribution in [-0.2, 0) is 9.47 Å². The maximum absolute atomic E-state index is 12.5. The van der Waals surface area contributed by atoms with Crippen LogP contribution in [-0.4, -0.2) is 24.7 Å². The van der Waals surface area contributed by atoms with Gasteiger partial charge in [-0.3, -0.25) is 0 Å². The summed E-state index contributed by atoms with van der Waals surface area (Å²) < 4.78 is 10.7. The minimum Gasteiger partial charge on any atom is -0.464 e. The van der Waals surface area contributed by atoms with Gasteiger partial charge < -0.3 is 9.47 Å². The molecule has 0 N–H and O–H groups in total. The van der Waals surface area contributed by atoms with Crippen molar-refractivity contribution in [2.24, 2.45) is 0 Å². The third kappa shape index (κ3) is 3.26. The molecule has 0 aliphatic heterocycles. The molecule has 1 heterocycles. The minimum atomic E-state index is -0.449. The molecular formula is C21H21NO3. The van der Waals surface area contributed by atoms with Crippen molar-refractivity contribution in [1.82, 2.24) is 4.98 Å². The summed E-state index contributed by atoms with van der Waals surface area (Å²) in [5.41, 5.74) is 2.78. The molecule has 0 saturated carbocycles. The smallest absolute Gasteiger partial charge is 0.357 e. The lowest BCUT2D eigenvalue weighted by Gasteiger charge is -2.18. The van der Waals surface area contributed by atoms with E-state index in [1.807, 2.05) is 68.4 Å². The second kappa shape index (κ2) is 7.45. The van der Waals surface area contributed by atoms with Crippen molar-refractivity contribution in [2.45, 2.75) is 20.0 Å². The molecular weight excluding hydrogens is 314 g/mol. The molecule has 1 atom stereocenters. The number of pyridine rings is 1. The molecule has 0 bridgehead atoms. The van der Waals surface area contributed by atoms with Crippen LogP contribution in [0.5, 0.6) is 0 Å². The normalized spacial score (nSPS) is 12.1. The zero-order valence-corrected chi connectivity index (χ0v) is 14.7. The summed E-state index contributed by atoms with van der Waals surface area (Å²) in [6, 6.07) is 17.7. The first-order chi connectivity index (χ1) is 12.2. The van der Waals surface area contributed by atoms with Crippen LogP contribution in [0, 0.1) is 0 Å². The Morgan fingerprint density at radius 1 is 1.04 bits per heavy atom. The zero-order valence-electron chi connectivity index (χ0n) is 14.7. The van der Waals surface area contributed by atoms with Gasteiger partial charge in [0.05, 0.1) is 18.9 Å². The molecule has 0 saturated heterocycles. The van der Waals surface area contributed by atoms with Crippen LogP contribution in [0.25, 0.3) is 21.9 Å². The average molecular weight is 335 g/mol. The number of rotatable bonds is 5. The van der Waals surface area contributed by atoms with Crippen LogP contribution in [0.3, 0.4) is 0 Å². The van der Waals surface area contributed by atoms with Gasteiger partial charge in [-0.05, 0) is 24.8 Å². The summed E-state index contributed by atoms with van der Waals surface area (Å²) in [5.74, 6) is -0.449. The lowest BCUT2D eigenvalue weighted by atomic mass is 9.94. The molecule has 4 nitrogen and oxygen atoms in total. The van der Waals surface area contributed by atoms with Gasteiger partial charge in [-0.2, -0.15) is 0 Å². The number of fused-ring (bicyclic) bond motifs is 1. The van der Waals surface area contributed by atoms with E-state index in [9.17, 15) is 4.79 Å². The highest BCUT2D eigenvalue weighted by Crippen LogP contribution is 2.35. The Balaban J connectivity index is 2.37. The molecule has 0 spiro atoms. The number of esters is 1. The van der Waals surface area contributed by atoms with E-state index in [1.165, 1.54) is 7.11 Å². The number of ether oxygens (including phenoxy) is 2. The standard InChI is InChI=1S/C21H21NO3/c1-4-25-14(2)19-17-13-9-8-12-16(17)18(15-10-6-5-7-11-15)20(22-19)21(23)24-3/h5-14H,4H2,1-3H3. The first-order valence-corrected chi connectivity index (χ1v) is 8.35. The van der Waals surface area contributed by atoms with E-state index < -0.39 is 5.97 Å². The van der Waals surface area contributed by atoms with E-state index in [1.54, 1.807) is 0 Å². The summed E-state index contributed by atoms with van der Waals surface area (Å²) >= 11 is 0. The lowest BCUT2D eigenvalue weighted by molar-refractivity contribution is 0.0589. The van der Waals surface area contributed by atoms with Crippen LogP contribution in [0.1, 0.15) is 36.1 Å². The van der Waals surface area contributed by atoms with E-state index >= 15 is 0 Å². The monoisotopic (exact) mass is 335 g/mol. The van der Waals surface area contributed by atoms with E-state index in [-0.39, 0.29) is 6.10 Å². The topological polar surface area (TPSA) is 48.4 Å². The Hall–Kier alpha value is -2.72. The molecule has 0 aliphatic rings. The number of hydrogen-bond donors (Lipinski definition) is 0. The molecule has 0 radical (unpaired) electrons. The summed E-state index contributed by atoms with van der Waals surface area (Å²) in [6.45, 7) is 4.46. The van der Waals surface area contributed by atoms with Crippen LogP contribution in [0.4, 0.5) is 0 Å². The zero-order chi connectivity index (χ0) is 17.8. The molecule has 0 aliphatic carbocycles. The molecule has 4 heteroatoms. The van der Waals surface area contributed by atoms with Crippen molar-refractivity contribution in [3.05, 3.63) is 66.0 Å². The highest BCUT2D eigenvalue weighted by atomic mass is 16.5. The SMILES string of the molecule is CCOC(C)c1nc(C(=O)OC)c(-c2ccccc2)c2ccccc12. The second-order valence-corrected chi connectivity index (χ2v) is 5.72. The lowest BCUT2D eigenvalue weighted by Crippen LogP contribution is -2.12. The number of benzene rings is 2. The number of aromatic nitrogens is 1. The number of carbonyl (C=O) groups excluding carboxylic acids is 1. The predicted molar refractivity (Wildman–Crippen MR) is 98.6 cm³/mol. The van der Waals surface area contributed by atoms with Gasteiger partial charge in [0.15, 0.2) is 5.69 Å². The fraction of sp³-hybridized carbons (Fsp3) is 0.238. The third-order valence-corrected chi connectivity index (χ3v) is 4.18. The molecule has 3 aromatic rings. The van der Waals surface area contributed by atoms with Gasteiger partial charge in [0.25, 0.3) is 0 Å². The number of nitrogens with zero attached hydrogens (tertiary/aromatic N) is 1. The van der Waals surface area contributed by atoms with Crippen LogP contribution in [0.2, 0.25) is 0 Å². The molecule has 0 fully saturated rings. The summed E-state index contributed by atoms with van der Waals surface area (Å²) in [7, 11) is 1.37. The average Bonchev–Trinajstić information content (AvgIpc) is 2.66. The van der Waals surface area contributed by atoms with Crippen LogP contribution in [0.15, 0.2) is 54.6 Å². The fourth-order valence-corrected chi connectivity index (χ4v) is 3.07. The minimum absolute atomic E-state index is 0.219. The Kier molecular flexibility index (Phi) is 5.10. The predicted octanol–water partition coefficient (Wildman–Crippen LogP) is 4.79. The Labute approximate surface area is 147 Å². The summed E-state index contributed by atoms with van der Waals surface area (Å²) in [4.78, 5) is 17.1. The molecule has 1 unspecified atom stereocenters. The number of carbonyl (C=O) groups is 1. The Morgan fingerprint density at radius 3 is 2.32 bits per heavy atom. The maximum atomic E-state index is 12.5. The fourth-order valence-electron chi connectivity index (χ4n) is 3.07. The van der Waals surface area contributed by atoms with E-state index in [4.69, 9.17) is 9.47 Å². The quantitative estimate of drug-likeness (QED) is 0.629. The maximum Gasteiger partial charge on any atom is 0.357 e. The van der Waals surface area contributed by atoms with Crippen molar-refractivity contribution in [2.75, 3.05) is 13.7 Å². The van der Waals surface area contributed by atoms with E-state index in [0.29, 0.717) is 12.3 Å². The summed E-state index contributed by atoms with van der Waals surface area (Å²) in [6.07, 6.45) is -0.219. The first kappa shape index (κ1) is 17.1. The van der Waals surface area contributed by atoms with Crippen molar-refractivity contribution in [3.8, 4) is 11.1 Å². The third-order valence-electron chi connectivity index (χ3n) is 4.18. The van der Waals surface area contributed by atoms with Crippen molar-refractivity contribution in [1.29, 1.82) is 0 Å². The molecule has 128 valence electrons. The van der Waals surface area contributed by atoms with Crippen molar-refractivity contribution in [3.63, 3.8) is 0 Å². The largest absolute Gasteiger partial charge is 0.464 e. The number of methoxy groups -OCH3 is 1. The first-order valence-electron chi connectivity index (χ1n) is 8.35. The Morgan fingerprint density at radius 2 is 1.68 bits per heavy atom. The van der Waals surface area contributed by atoms with Gasteiger partial charge in [-0.1, -0.05) is 54.6 Å². The van der Waals surface area contributed by atoms with E-state index in [0.717, 1.165) is 27.6 Å². The molecule has 25 heavy (non-hydrogen) atoms. The highest BCUT2D eigenvalue weighted by Gasteiger charge is 2.23. The van der Waals surface area contributed by atoms with Gasteiger partial charge in [0.1, 0.15) is 0 Å². The van der Waals surface area contributed by atoms with Gasteiger partial charge in [-0.15, -0.1) is 0 Å². The molecule has 0 amide bonds. The van der Waals surface area contributed by atoms with Gasteiger partial charge in [-0.25, -0.2) is 9.78 Å². The van der Waals surface area contributed by atoms with E-state index in [2.05, 4.69) is 4.98 Å². The van der Waals surface area contributed by atoms with Gasteiger partial charge in [0.2, 0.25) is 0 Å². The molecule has 3 rings (SSSR count). The number of hydrogen-bond acceptors (Lipinski definition) is 4.